The molecule has 0 aliphatic carbocycles. The van der Waals surface area contributed by atoms with Crippen molar-refractivity contribution in [1.29, 1.82) is 0 Å². The molecule has 8 rings (SSSR count). The zero-order chi connectivity index (χ0) is 25.1. The van der Waals surface area contributed by atoms with Crippen LogP contribution in [0.15, 0.2) is 134 Å². The highest BCUT2D eigenvalue weighted by Gasteiger charge is 2.15. The fourth-order valence-corrected chi connectivity index (χ4v) is 6.02. The van der Waals surface area contributed by atoms with Crippen LogP contribution < -0.4 is 0 Å². The van der Waals surface area contributed by atoms with Crippen molar-refractivity contribution < 1.29 is 0 Å². The van der Waals surface area contributed by atoms with Crippen molar-refractivity contribution >= 4 is 43.1 Å². The van der Waals surface area contributed by atoms with Crippen molar-refractivity contribution in [1.82, 2.24) is 9.97 Å². The number of hydrogen-bond donors (Lipinski definition) is 0. The maximum atomic E-state index is 4.33. The van der Waals surface area contributed by atoms with Crippen molar-refractivity contribution in [3.05, 3.63) is 134 Å². The predicted octanol–water partition coefficient (Wildman–Crippen LogP) is 9.53. The largest absolute Gasteiger partial charge is 0.264 e. The second-order valence-electron chi connectivity index (χ2n) is 9.87. The molecule has 0 aliphatic rings. The molecule has 0 radical (unpaired) electrons. The number of pyridine rings is 2. The monoisotopic (exact) mass is 482 g/mol. The molecule has 0 saturated carbocycles. The average Bonchev–Trinajstić information content (AvgIpc) is 3.00. The predicted molar refractivity (Wildman–Crippen MR) is 160 cm³/mol. The first-order valence-corrected chi connectivity index (χ1v) is 12.9. The van der Waals surface area contributed by atoms with Gasteiger partial charge in [0.05, 0.1) is 0 Å². The Bertz CT molecular complexity index is 2100. The van der Waals surface area contributed by atoms with Gasteiger partial charge in [0, 0.05) is 30.2 Å². The summed E-state index contributed by atoms with van der Waals surface area (Å²) in [6.45, 7) is 0. The highest BCUT2D eigenvalue weighted by molar-refractivity contribution is 6.28. The van der Waals surface area contributed by atoms with Crippen LogP contribution >= 0.6 is 0 Å². The zero-order valence-corrected chi connectivity index (χ0v) is 20.6. The highest BCUT2D eigenvalue weighted by Crippen LogP contribution is 2.43. The van der Waals surface area contributed by atoms with Gasteiger partial charge in [-0.15, -0.1) is 0 Å². The third-order valence-corrected chi connectivity index (χ3v) is 7.83. The smallest absolute Gasteiger partial charge is 0.0346 e. The molecule has 2 nitrogen and oxygen atoms in total. The zero-order valence-electron chi connectivity index (χ0n) is 20.6. The summed E-state index contributed by atoms with van der Waals surface area (Å²) in [5.41, 5.74) is 7.29. The molecule has 2 heterocycles. The summed E-state index contributed by atoms with van der Waals surface area (Å²) >= 11 is 0. The Morgan fingerprint density at radius 2 is 1.00 bits per heavy atom. The molecule has 176 valence electrons. The molecule has 0 atom stereocenters. The maximum Gasteiger partial charge on any atom is 0.0346 e. The summed E-state index contributed by atoms with van der Waals surface area (Å²) < 4.78 is 0. The van der Waals surface area contributed by atoms with E-state index in [1.807, 2.05) is 30.9 Å². The van der Waals surface area contributed by atoms with Gasteiger partial charge >= 0.3 is 0 Å². The minimum Gasteiger partial charge on any atom is -0.264 e. The van der Waals surface area contributed by atoms with Gasteiger partial charge in [0.1, 0.15) is 0 Å². The minimum atomic E-state index is 1.13. The summed E-state index contributed by atoms with van der Waals surface area (Å²) in [6, 6.07) is 39.7. The van der Waals surface area contributed by atoms with Gasteiger partial charge in [-0.3, -0.25) is 9.97 Å². The maximum absolute atomic E-state index is 4.33. The van der Waals surface area contributed by atoms with Gasteiger partial charge < -0.3 is 0 Å². The van der Waals surface area contributed by atoms with Gasteiger partial charge in [-0.1, -0.05) is 97.1 Å². The van der Waals surface area contributed by atoms with Crippen molar-refractivity contribution in [3.63, 3.8) is 0 Å². The quantitative estimate of drug-likeness (QED) is 0.234. The van der Waals surface area contributed by atoms with Crippen molar-refractivity contribution in [3.8, 4) is 33.4 Å². The van der Waals surface area contributed by atoms with Gasteiger partial charge in [0.15, 0.2) is 0 Å². The topological polar surface area (TPSA) is 25.8 Å². The van der Waals surface area contributed by atoms with Crippen molar-refractivity contribution in [2.24, 2.45) is 0 Å². The molecule has 2 aromatic heterocycles. The van der Waals surface area contributed by atoms with Crippen LogP contribution in [-0.2, 0) is 0 Å². The average molecular weight is 483 g/mol. The first-order valence-electron chi connectivity index (χ1n) is 12.9. The Morgan fingerprint density at radius 1 is 0.342 bits per heavy atom. The SMILES string of the molecule is c1cncc(-c2ccc(-c3ccc4ccc5c(-c6cccc7cnccc67)ccc6ccc3c4c65)cc2)c1. The second kappa shape index (κ2) is 8.22. The summed E-state index contributed by atoms with van der Waals surface area (Å²) in [4.78, 5) is 8.61. The molecule has 0 unspecified atom stereocenters. The van der Waals surface area contributed by atoms with Crippen LogP contribution in [0.1, 0.15) is 0 Å². The summed E-state index contributed by atoms with van der Waals surface area (Å²) in [7, 11) is 0. The lowest BCUT2D eigenvalue weighted by Gasteiger charge is -2.17. The number of hydrogen-bond acceptors (Lipinski definition) is 2. The molecule has 8 aromatic rings. The van der Waals surface area contributed by atoms with E-state index in [2.05, 4.69) is 113 Å². The Labute approximate surface area is 220 Å². The van der Waals surface area contributed by atoms with Crippen LogP contribution in [0.2, 0.25) is 0 Å². The van der Waals surface area contributed by atoms with Crippen LogP contribution in [0.3, 0.4) is 0 Å². The Kier molecular flexibility index (Phi) is 4.55. The Morgan fingerprint density at radius 3 is 1.76 bits per heavy atom. The summed E-state index contributed by atoms with van der Waals surface area (Å²) in [5, 5.41) is 10.2. The van der Waals surface area contributed by atoms with E-state index in [9.17, 15) is 0 Å². The number of benzene rings is 6. The molecular weight excluding hydrogens is 460 g/mol. The molecule has 0 aliphatic heterocycles. The molecule has 0 saturated heterocycles. The Hall–Kier alpha value is -5.08. The molecule has 0 bridgehead atoms. The van der Waals surface area contributed by atoms with Crippen LogP contribution in [-0.4, -0.2) is 9.97 Å². The minimum absolute atomic E-state index is 1.13. The normalized spacial score (nSPS) is 11.7. The Balaban J connectivity index is 1.36. The lowest BCUT2D eigenvalue weighted by molar-refractivity contribution is 1.33. The third-order valence-electron chi connectivity index (χ3n) is 7.83. The highest BCUT2D eigenvalue weighted by atomic mass is 14.6. The van der Waals surface area contributed by atoms with Gasteiger partial charge in [-0.05, 0) is 83.2 Å². The number of rotatable bonds is 3. The second-order valence-corrected chi connectivity index (χ2v) is 9.87. The van der Waals surface area contributed by atoms with E-state index in [0.29, 0.717) is 0 Å². The fraction of sp³-hybridized carbons (Fsp3) is 0. The van der Waals surface area contributed by atoms with Crippen molar-refractivity contribution in [2.75, 3.05) is 0 Å². The molecular formula is C36H22N2. The van der Waals surface area contributed by atoms with E-state index in [4.69, 9.17) is 0 Å². The van der Waals surface area contributed by atoms with Gasteiger partial charge in [-0.25, -0.2) is 0 Å². The lowest BCUT2D eigenvalue weighted by Crippen LogP contribution is -1.90. The molecule has 0 spiro atoms. The van der Waals surface area contributed by atoms with E-state index in [1.54, 1.807) is 0 Å². The fourth-order valence-electron chi connectivity index (χ4n) is 6.02. The molecule has 6 aromatic carbocycles. The molecule has 0 N–H and O–H groups in total. The molecule has 38 heavy (non-hydrogen) atoms. The number of nitrogens with zero attached hydrogens (tertiary/aromatic N) is 2. The molecule has 2 heteroatoms. The van der Waals surface area contributed by atoms with Gasteiger partial charge in [-0.2, -0.15) is 0 Å². The van der Waals surface area contributed by atoms with E-state index >= 15 is 0 Å². The first-order chi connectivity index (χ1) is 18.8. The van der Waals surface area contributed by atoms with E-state index in [-0.39, 0.29) is 0 Å². The van der Waals surface area contributed by atoms with E-state index in [0.717, 1.165) is 10.9 Å². The molecule has 0 amide bonds. The standard InChI is InChI=1S/C36H22N2/c1-3-28-22-38-20-18-30(28)31(5-1)32-15-11-26-12-16-33-29(14-10-25-13-17-34(32)36(26)35(25)33)24-8-6-23(7-9-24)27-4-2-19-37-21-27/h1-22H. The van der Waals surface area contributed by atoms with Crippen LogP contribution in [0.5, 0.6) is 0 Å². The van der Waals surface area contributed by atoms with Crippen LogP contribution in [0.4, 0.5) is 0 Å². The van der Waals surface area contributed by atoms with Gasteiger partial charge in [0.2, 0.25) is 0 Å². The van der Waals surface area contributed by atoms with Crippen molar-refractivity contribution in [2.45, 2.75) is 0 Å². The van der Waals surface area contributed by atoms with E-state index in [1.165, 1.54) is 65.5 Å². The van der Waals surface area contributed by atoms with Gasteiger partial charge in [0.25, 0.3) is 0 Å². The summed E-state index contributed by atoms with van der Waals surface area (Å²) in [6.07, 6.45) is 7.55. The first kappa shape index (κ1) is 21.0. The lowest BCUT2D eigenvalue weighted by atomic mass is 9.86. The third kappa shape index (κ3) is 3.14. The summed E-state index contributed by atoms with van der Waals surface area (Å²) in [5.74, 6) is 0. The number of aromatic nitrogens is 2. The molecule has 0 fully saturated rings. The number of fused-ring (bicyclic) bond motifs is 1. The van der Waals surface area contributed by atoms with E-state index < -0.39 is 0 Å². The van der Waals surface area contributed by atoms with Crippen LogP contribution in [0, 0.1) is 0 Å². The van der Waals surface area contributed by atoms with Crippen LogP contribution in [0.25, 0.3) is 76.5 Å².